The van der Waals surface area contributed by atoms with Crippen LogP contribution in [0.1, 0.15) is 18.9 Å². The number of pyridine rings is 1. The Morgan fingerprint density at radius 1 is 1.24 bits per heavy atom. The summed E-state index contributed by atoms with van der Waals surface area (Å²) in [7, 11) is -4.11. The molecule has 1 fully saturated rings. The van der Waals surface area contributed by atoms with Crippen molar-refractivity contribution in [2.45, 2.75) is 30.3 Å². The molecule has 1 aliphatic carbocycles. The number of alkyl halides is 5. The van der Waals surface area contributed by atoms with Gasteiger partial charge in [0.2, 0.25) is 5.91 Å². The van der Waals surface area contributed by atoms with E-state index in [-0.39, 0.29) is 16.5 Å². The molecule has 1 aliphatic rings. The maximum absolute atomic E-state index is 13.1. The molecule has 1 aromatic carbocycles. The van der Waals surface area contributed by atoms with Crippen LogP contribution in [0.3, 0.4) is 0 Å². The zero-order valence-corrected chi connectivity index (χ0v) is 18.0. The Hall–Kier alpha value is -3.42. The quantitative estimate of drug-likeness (QED) is 0.537. The number of halogens is 5. The molecular weight excluding hydrogens is 487 g/mol. The third-order valence-electron chi connectivity index (χ3n) is 5.27. The normalized spacial score (nSPS) is 17.5. The van der Waals surface area contributed by atoms with E-state index in [2.05, 4.69) is 15.4 Å². The zero-order valence-electron chi connectivity index (χ0n) is 17.2. The number of carbonyl (C=O) groups excluding carboxylic acids is 1. The second-order valence-electron chi connectivity index (χ2n) is 7.62. The number of amides is 1. The predicted octanol–water partition coefficient (Wildman–Crippen LogP) is 3.19. The van der Waals surface area contributed by atoms with Crippen molar-refractivity contribution in [3.63, 3.8) is 0 Å². The first-order chi connectivity index (χ1) is 15.7. The van der Waals surface area contributed by atoms with E-state index in [0.29, 0.717) is 10.7 Å². The third kappa shape index (κ3) is 4.24. The molecule has 1 atom stereocenters. The molecular formula is C20H15F5N4O4S. The first kappa shape index (κ1) is 23.7. The van der Waals surface area contributed by atoms with Crippen molar-refractivity contribution in [1.82, 2.24) is 14.8 Å². The van der Waals surface area contributed by atoms with Crippen molar-refractivity contribution in [2.24, 2.45) is 5.92 Å². The fourth-order valence-electron chi connectivity index (χ4n) is 3.24. The topological polar surface area (TPSA) is 111 Å². The molecule has 1 saturated carbocycles. The van der Waals surface area contributed by atoms with Gasteiger partial charge in [0.05, 0.1) is 34.8 Å². The molecule has 1 N–H and O–H groups in total. The van der Waals surface area contributed by atoms with Gasteiger partial charge in [0.15, 0.2) is 15.7 Å². The van der Waals surface area contributed by atoms with Crippen LogP contribution in [-0.4, -0.2) is 40.8 Å². The first-order valence-corrected chi connectivity index (χ1v) is 11.4. The molecule has 0 spiro atoms. The van der Waals surface area contributed by atoms with Gasteiger partial charge in [0.1, 0.15) is 10.8 Å². The van der Waals surface area contributed by atoms with Crippen LogP contribution in [0.4, 0.5) is 27.6 Å². The fraction of sp³-hybridized carbons (Fsp3) is 0.300. The zero-order chi connectivity index (χ0) is 25.1. The van der Waals surface area contributed by atoms with Crippen molar-refractivity contribution in [3.05, 3.63) is 52.6 Å². The molecule has 180 valence electrons. The van der Waals surface area contributed by atoms with E-state index in [1.165, 1.54) is 6.92 Å². The standard InChI is InChI=1S/C20H15F5N4O4S/c1-2-34(32,33)15-6-12(28-17(30)14-7-19(14,21)22)9-26-16(15)29-18(31)13-5-11(20(23,24)25)4-3-10(13)8-27-29/h3-6,8-9,14H,2,7H2,1H3,(H,28,30)/t14-/m0/s1. The van der Waals surface area contributed by atoms with Crippen LogP contribution in [-0.2, 0) is 20.8 Å². The Morgan fingerprint density at radius 2 is 1.91 bits per heavy atom. The van der Waals surface area contributed by atoms with Crippen molar-refractivity contribution in [3.8, 4) is 5.82 Å². The molecule has 0 saturated heterocycles. The molecule has 0 aliphatic heterocycles. The van der Waals surface area contributed by atoms with E-state index in [1.807, 2.05) is 0 Å². The van der Waals surface area contributed by atoms with Gasteiger partial charge in [0, 0.05) is 11.8 Å². The fourth-order valence-corrected chi connectivity index (χ4v) is 4.28. The van der Waals surface area contributed by atoms with Gasteiger partial charge in [-0.15, -0.1) is 0 Å². The Labute approximate surface area is 188 Å². The second kappa shape index (κ2) is 7.82. The summed E-state index contributed by atoms with van der Waals surface area (Å²) in [4.78, 5) is 28.2. The lowest BCUT2D eigenvalue weighted by Gasteiger charge is -2.13. The summed E-state index contributed by atoms with van der Waals surface area (Å²) in [6.07, 6.45) is -3.35. The molecule has 8 nitrogen and oxygen atoms in total. The number of carbonyl (C=O) groups is 1. The van der Waals surface area contributed by atoms with E-state index in [9.17, 15) is 40.0 Å². The highest BCUT2D eigenvalue weighted by molar-refractivity contribution is 7.91. The van der Waals surface area contributed by atoms with Crippen LogP contribution < -0.4 is 10.9 Å². The minimum absolute atomic E-state index is 0.0865. The van der Waals surface area contributed by atoms with Gasteiger partial charge in [-0.2, -0.15) is 23.0 Å². The van der Waals surface area contributed by atoms with Crippen molar-refractivity contribution in [2.75, 3.05) is 11.1 Å². The number of rotatable bonds is 5. The molecule has 0 unspecified atom stereocenters. The highest BCUT2D eigenvalue weighted by Gasteiger charge is 2.61. The minimum Gasteiger partial charge on any atom is -0.324 e. The van der Waals surface area contributed by atoms with Gasteiger partial charge in [-0.25, -0.2) is 22.2 Å². The monoisotopic (exact) mass is 502 g/mol. The number of aromatic nitrogens is 3. The Balaban J connectivity index is 1.84. The highest BCUT2D eigenvalue weighted by Crippen LogP contribution is 2.49. The van der Waals surface area contributed by atoms with Crippen molar-refractivity contribution in [1.29, 1.82) is 0 Å². The average Bonchev–Trinajstić information content (AvgIpc) is 3.42. The van der Waals surface area contributed by atoms with Crippen LogP contribution >= 0.6 is 0 Å². The number of hydrogen-bond donors (Lipinski definition) is 1. The SMILES string of the molecule is CCS(=O)(=O)c1cc(NC(=O)[C@@H]2CC2(F)F)cnc1-n1ncc2ccc(C(F)(F)F)cc2c1=O. The average molecular weight is 502 g/mol. The number of sulfone groups is 1. The lowest BCUT2D eigenvalue weighted by molar-refractivity contribution is -0.137. The lowest BCUT2D eigenvalue weighted by Crippen LogP contribution is -2.25. The third-order valence-corrected chi connectivity index (χ3v) is 7.00. The molecule has 3 aromatic rings. The maximum atomic E-state index is 13.1. The lowest BCUT2D eigenvalue weighted by atomic mass is 10.1. The van der Waals surface area contributed by atoms with E-state index >= 15 is 0 Å². The van der Waals surface area contributed by atoms with Crippen LogP contribution in [0, 0.1) is 5.92 Å². The van der Waals surface area contributed by atoms with E-state index in [1.54, 1.807) is 0 Å². The first-order valence-electron chi connectivity index (χ1n) is 9.76. The molecule has 2 aromatic heterocycles. The molecule has 0 radical (unpaired) electrons. The summed E-state index contributed by atoms with van der Waals surface area (Å²) in [5, 5.41) is 5.71. The molecule has 4 rings (SSSR count). The van der Waals surface area contributed by atoms with Gasteiger partial charge in [-0.05, 0) is 18.2 Å². The van der Waals surface area contributed by atoms with Gasteiger partial charge < -0.3 is 5.32 Å². The van der Waals surface area contributed by atoms with Gasteiger partial charge in [-0.3, -0.25) is 9.59 Å². The summed E-state index contributed by atoms with van der Waals surface area (Å²) in [5.41, 5.74) is -2.35. The van der Waals surface area contributed by atoms with Gasteiger partial charge in [0.25, 0.3) is 11.5 Å². The van der Waals surface area contributed by atoms with E-state index < -0.39 is 67.8 Å². The Bertz CT molecular complexity index is 1480. The molecule has 14 heteroatoms. The number of anilines is 1. The highest BCUT2D eigenvalue weighted by atomic mass is 32.2. The second-order valence-corrected chi connectivity index (χ2v) is 9.86. The van der Waals surface area contributed by atoms with Crippen LogP contribution in [0.2, 0.25) is 0 Å². The smallest absolute Gasteiger partial charge is 0.324 e. The van der Waals surface area contributed by atoms with Crippen LogP contribution in [0.15, 0.2) is 46.3 Å². The summed E-state index contributed by atoms with van der Waals surface area (Å²) in [6, 6.07) is 3.39. The summed E-state index contributed by atoms with van der Waals surface area (Å²) in [5.74, 6) is -6.69. The number of nitrogens with zero attached hydrogens (tertiary/aromatic N) is 3. The predicted molar refractivity (Wildman–Crippen MR) is 110 cm³/mol. The van der Waals surface area contributed by atoms with Crippen LogP contribution in [0.5, 0.6) is 0 Å². The number of benzene rings is 1. The van der Waals surface area contributed by atoms with Crippen molar-refractivity contribution >= 4 is 32.2 Å². The van der Waals surface area contributed by atoms with Crippen molar-refractivity contribution < 1.29 is 35.2 Å². The largest absolute Gasteiger partial charge is 0.416 e. The molecule has 2 heterocycles. The van der Waals surface area contributed by atoms with Gasteiger partial charge >= 0.3 is 6.18 Å². The summed E-state index contributed by atoms with van der Waals surface area (Å²) in [6.45, 7) is 1.29. The van der Waals surface area contributed by atoms with E-state index in [0.717, 1.165) is 30.6 Å². The number of hydrogen-bond acceptors (Lipinski definition) is 6. The van der Waals surface area contributed by atoms with Crippen LogP contribution in [0.25, 0.3) is 16.6 Å². The number of fused-ring (bicyclic) bond motifs is 1. The Morgan fingerprint density at radius 3 is 2.50 bits per heavy atom. The van der Waals surface area contributed by atoms with Gasteiger partial charge in [-0.1, -0.05) is 13.0 Å². The molecule has 1 amide bonds. The maximum Gasteiger partial charge on any atom is 0.416 e. The van der Waals surface area contributed by atoms with E-state index in [4.69, 9.17) is 0 Å². The molecule has 0 bridgehead atoms. The summed E-state index contributed by atoms with van der Waals surface area (Å²) >= 11 is 0. The summed E-state index contributed by atoms with van der Waals surface area (Å²) < 4.78 is 91.5. The molecule has 34 heavy (non-hydrogen) atoms. The number of nitrogens with one attached hydrogen (secondary N) is 1. The minimum atomic E-state index is -4.72. The Kier molecular flexibility index (Phi) is 5.46.